The Bertz CT molecular complexity index is 1150. The summed E-state index contributed by atoms with van der Waals surface area (Å²) in [5, 5.41) is 8.95. The molecule has 0 bridgehead atoms. The summed E-state index contributed by atoms with van der Waals surface area (Å²) in [7, 11) is 0. The summed E-state index contributed by atoms with van der Waals surface area (Å²) in [4.78, 5) is 20.1. The lowest BCUT2D eigenvalue weighted by molar-refractivity contribution is -0.122. The van der Waals surface area contributed by atoms with E-state index in [0.29, 0.717) is 30.8 Å². The van der Waals surface area contributed by atoms with Crippen LogP contribution in [0.25, 0.3) is 0 Å². The average molecular weight is 395 g/mol. The molecule has 148 valence electrons. The number of fused-ring (bicyclic) bond motifs is 2. The zero-order valence-electron chi connectivity index (χ0n) is 16.5. The molecule has 1 atom stereocenters. The molecular formula is C25H21N3O2. The van der Waals surface area contributed by atoms with E-state index in [1.165, 1.54) is 0 Å². The highest BCUT2D eigenvalue weighted by molar-refractivity contribution is 6.16. The Hall–Kier alpha value is -3.65. The van der Waals surface area contributed by atoms with Crippen LogP contribution in [0.5, 0.6) is 11.5 Å². The van der Waals surface area contributed by atoms with Crippen LogP contribution >= 0.6 is 0 Å². The van der Waals surface area contributed by atoms with Gasteiger partial charge in [-0.1, -0.05) is 30.7 Å². The van der Waals surface area contributed by atoms with Crippen molar-refractivity contribution in [3.8, 4) is 17.6 Å². The number of carbonyl (C=O) groups is 1. The lowest BCUT2D eigenvalue weighted by Crippen LogP contribution is -2.40. The van der Waals surface area contributed by atoms with E-state index in [1.807, 2.05) is 53.4 Å². The van der Waals surface area contributed by atoms with Crippen LogP contribution in [0.3, 0.4) is 0 Å². The summed E-state index contributed by atoms with van der Waals surface area (Å²) >= 11 is 0. The van der Waals surface area contributed by atoms with E-state index in [1.54, 1.807) is 12.4 Å². The molecule has 0 radical (unpaired) electrons. The van der Waals surface area contributed by atoms with E-state index >= 15 is 0 Å². The molecule has 2 aliphatic heterocycles. The van der Waals surface area contributed by atoms with Crippen molar-refractivity contribution in [2.24, 2.45) is 0 Å². The maximum atomic E-state index is 14.1. The van der Waals surface area contributed by atoms with Crippen LogP contribution in [0.1, 0.15) is 36.8 Å². The lowest BCUT2D eigenvalue weighted by atomic mass is 9.73. The molecule has 30 heavy (non-hydrogen) atoms. The van der Waals surface area contributed by atoms with Gasteiger partial charge in [-0.25, -0.2) is 0 Å². The highest BCUT2D eigenvalue weighted by Crippen LogP contribution is 2.58. The molecule has 5 heteroatoms. The molecule has 1 aromatic heterocycles. The number of nitrogens with zero attached hydrogens (tertiary/aromatic N) is 3. The number of carbonyl (C=O) groups excluding carboxylic acids is 1. The number of para-hydroxylation sites is 3. The van der Waals surface area contributed by atoms with Crippen LogP contribution in [-0.4, -0.2) is 10.9 Å². The highest BCUT2D eigenvalue weighted by Gasteiger charge is 2.53. The number of hydrogen-bond donors (Lipinski definition) is 0. The Morgan fingerprint density at radius 2 is 1.80 bits per heavy atom. The molecule has 3 aromatic rings. The molecule has 0 saturated carbocycles. The second kappa shape index (κ2) is 7.31. The summed E-state index contributed by atoms with van der Waals surface area (Å²) in [6, 6.07) is 19.8. The van der Waals surface area contributed by atoms with Gasteiger partial charge in [-0.15, -0.1) is 0 Å². The minimum absolute atomic E-state index is 0.0782. The number of pyridine rings is 1. The van der Waals surface area contributed by atoms with Crippen LogP contribution in [0, 0.1) is 11.3 Å². The number of aromatic nitrogens is 1. The molecule has 3 heterocycles. The lowest BCUT2D eigenvalue weighted by Gasteiger charge is -2.30. The number of anilines is 2. The maximum absolute atomic E-state index is 14.1. The Morgan fingerprint density at radius 3 is 2.63 bits per heavy atom. The number of amides is 1. The van der Waals surface area contributed by atoms with Crippen molar-refractivity contribution in [1.82, 2.24) is 4.98 Å². The molecule has 5 rings (SSSR count). The van der Waals surface area contributed by atoms with Crippen LogP contribution in [-0.2, 0) is 16.6 Å². The van der Waals surface area contributed by atoms with Crippen molar-refractivity contribution < 1.29 is 9.53 Å². The van der Waals surface area contributed by atoms with Gasteiger partial charge < -0.3 is 4.74 Å². The third kappa shape index (κ3) is 2.76. The second-order valence-electron chi connectivity index (χ2n) is 7.84. The standard InChI is InChI=1S/C25H21N3O2/c26-14-5-1-4-13-25(17-18-11-15-27-16-12-18)19-7-6-10-22-23(19)28(24(25)29)20-8-2-3-9-21(20)30-22/h2-3,6-12,15-16H,1,4-5,13,17H2. The highest BCUT2D eigenvalue weighted by atomic mass is 16.5. The minimum atomic E-state index is -0.692. The predicted octanol–water partition coefficient (Wildman–Crippen LogP) is 5.43. The molecule has 1 amide bonds. The fourth-order valence-electron chi connectivity index (χ4n) is 4.71. The molecule has 2 aromatic carbocycles. The van der Waals surface area contributed by atoms with Crippen molar-refractivity contribution in [1.29, 1.82) is 5.26 Å². The van der Waals surface area contributed by atoms with Crippen LogP contribution < -0.4 is 9.64 Å². The average Bonchev–Trinajstić information content (AvgIpc) is 3.02. The number of ether oxygens (including phenoxy) is 1. The van der Waals surface area contributed by atoms with Gasteiger partial charge in [-0.2, -0.15) is 5.26 Å². The fourth-order valence-corrected chi connectivity index (χ4v) is 4.71. The number of hydrogen-bond acceptors (Lipinski definition) is 4. The Balaban J connectivity index is 1.65. The number of nitriles is 1. The maximum Gasteiger partial charge on any atom is 0.242 e. The van der Waals surface area contributed by atoms with E-state index in [0.717, 1.165) is 35.3 Å². The monoisotopic (exact) mass is 395 g/mol. The van der Waals surface area contributed by atoms with Crippen molar-refractivity contribution in [2.45, 2.75) is 37.5 Å². The van der Waals surface area contributed by atoms with Gasteiger partial charge >= 0.3 is 0 Å². The largest absolute Gasteiger partial charge is 0.453 e. The molecule has 5 nitrogen and oxygen atoms in total. The zero-order chi connectivity index (χ0) is 20.6. The summed E-state index contributed by atoms with van der Waals surface area (Å²) in [5.74, 6) is 1.49. The van der Waals surface area contributed by atoms with Gasteiger partial charge in [0.1, 0.15) is 0 Å². The fraction of sp³-hybridized carbons (Fsp3) is 0.240. The van der Waals surface area contributed by atoms with Crippen molar-refractivity contribution in [3.63, 3.8) is 0 Å². The number of benzene rings is 2. The summed E-state index contributed by atoms with van der Waals surface area (Å²) in [5.41, 5.74) is 3.04. The first kappa shape index (κ1) is 18.4. The molecule has 1 unspecified atom stereocenters. The van der Waals surface area contributed by atoms with Gasteiger partial charge in [0, 0.05) is 18.8 Å². The first-order chi connectivity index (χ1) is 14.7. The summed E-state index contributed by atoms with van der Waals surface area (Å²) in [6.45, 7) is 0. The van der Waals surface area contributed by atoms with E-state index in [-0.39, 0.29) is 5.91 Å². The van der Waals surface area contributed by atoms with Crippen LogP contribution in [0.4, 0.5) is 11.4 Å². The number of unbranched alkanes of at least 4 members (excludes halogenated alkanes) is 2. The van der Waals surface area contributed by atoms with E-state index in [9.17, 15) is 4.79 Å². The molecular weight excluding hydrogens is 374 g/mol. The Labute approximate surface area is 175 Å². The summed E-state index contributed by atoms with van der Waals surface area (Å²) in [6.07, 6.45) is 6.91. The van der Waals surface area contributed by atoms with Gasteiger partial charge in [0.25, 0.3) is 0 Å². The Kier molecular flexibility index (Phi) is 4.48. The smallest absolute Gasteiger partial charge is 0.242 e. The van der Waals surface area contributed by atoms with Crippen molar-refractivity contribution >= 4 is 17.3 Å². The molecule has 0 aliphatic carbocycles. The predicted molar refractivity (Wildman–Crippen MR) is 114 cm³/mol. The van der Waals surface area contributed by atoms with Gasteiger partial charge in [0.05, 0.1) is 22.9 Å². The molecule has 0 saturated heterocycles. The summed E-state index contributed by atoms with van der Waals surface area (Å²) < 4.78 is 6.16. The topological polar surface area (TPSA) is 66.2 Å². The van der Waals surface area contributed by atoms with Crippen LogP contribution in [0.2, 0.25) is 0 Å². The third-order valence-electron chi connectivity index (χ3n) is 6.07. The molecule has 0 fully saturated rings. The van der Waals surface area contributed by atoms with Gasteiger partial charge in [-0.3, -0.25) is 14.7 Å². The van der Waals surface area contributed by atoms with Gasteiger partial charge in [0.2, 0.25) is 5.91 Å². The number of rotatable bonds is 6. The van der Waals surface area contributed by atoms with Crippen LogP contribution in [0.15, 0.2) is 67.0 Å². The van der Waals surface area contributed by atoms with Gasteiger partial charge in [-0.05, 0) is 60.7 Å². The van der Waals surface area contributed by atoms with Gasteiger partial charge in [0.15, 0.2) is 11.5 Å². The normalized spacial score (nSPS) is 18.4. The Morgan fingerprint density at radius 1 is 1.00 bits per heavy atom. The van der Waals surface area contributed by atoms with Crippen molar-refractivity contribution in [3.05, 3.63) is 78.1 Å². The van der Waals surface area contributed by atoms with E-state index in [4.69, 9.17) is 10.00 Å². The first-order valence-electron chi connectivity index (χ1n) is 10.3. The minimum Gasteiger partial charge on any atom is -0.453 e. The first-order valence-corrected chi connectivity index (χ1v) is 10.3. The second-order valence-corrected chi connectivity index (χ2v) is 7.84. The van der Waals surface area contributed by atoms with E-state index in [2.05, 4.69) is 17.1 Å². The quantitative estimate of drug-likeness (QED) is 0.522. The SMILES string of the molecule is N#CCCCCC1(Cc2ccncc2)C(=O)N2c3ccccc3Oc3cccc1c32. The third-order valence-corrected chi connectivity index (χ3v) is 6.07. The molecule has 0 spiro atoms. The van der Waals surface area contributed by atoms with E-state index < -0.39 is 5.41 Å². The molecule has 0 N–H and O–H groups in total. The van der Waals surface area contributed by atoms with Crippen molar-refractivity contribution in [2.75, 3.05) is 4.90 Å². The molecule has 2 aliphatic rings. The zero-order valence-corrected chi connectivity index (χ0v) is 16.5.